The van der Waals surface area contributed by atoms with Crippen molar-refractivity contribution in [3.63, 3.8) is 0 Å². The summed E-state index contributed by atoms with van der Waals surface area (Å²) in [6.45, 7) is 4.54. The lowest BCUT2D eigenvalue weighted by Gasteiger charge is -2.40. The predicted octanol–water partition coefficient (Wildman–Crippen LogP) is 2.70. The molecule has 2 N–H and O–H groups in total. The molecule has 1 aromatic heterocycles. The number of nitrogens with zero attached hydrogens (tertiary/aromatic N) is 1. The van der Waals surface area contributed by atoms with E-state index >= 15 is 0 Å². The second-order valence-electron chi connectivity index (χ2n) is 5.56. The van der Waals surface area contributed by atoms with Crippen LogP contribution in [0.5, 0.6) is 5.75 Å². The Morgan fingerprint density at radius 2 is 2.00 bits per heavy atom. The summed E-state index contributed by atoms with van der Waals surface area (Å²) in [5.74, 6) is 2.11. The highest BCUT2D eigenvalue weighted by atomic mass is 16.5. The largest absolute Gasteiger partial charge is 0.495 e. The highest BCUT2D eigenvalue weighted by Gasteiger charge is 2.38. The van der Waals surface area contributed by atoms with Crippen LogP contribution < -0.4 is 10.5 Å². The maximum absolute atomic E-state index is 6.60. The Morgan fingerprint density at radius 1 is 1.35 bits per heavy atom. The van der Waals surface area contributed by atoms with Crippen LogP contribution in [-0.4, -0.2) is 12.1 Å². The molecule has 94 valence electrons. The normalized spacial score (nSPS) is 33.4. The molecule has 17 heavy (non-hydrogen) atoms. The summed E-state index contributed by atoms with van der Waals surface area (Å²) in [5.41, 5.74) is 7.18. The number of nitrogens with two attached hydrogens (primary N) is 1. The van der Waals surface area contributed by atoms with E-state index in [9.17, 15) is 0 Å². The summed E-state index contributed by atoms with van der Waals surface area (Å²) in [6, 6.07) is 3.84. The molecule has 2 unspecified atom stereocenters. The van der Waals surface area contributed by atoms with Gasteiger partial charge in [-0.1, -0.05) is 13.8 Å². The van der Waals surface area contributed by atoms with Crippen LogP contribution in [0.3, 0.4) is 0 Å². The first-order valence-corrected chi connectivity index (χ1v) is 6.33. The van der Waals surface area contributed by atoms with Gasteiger partial charge in [-0.15, -0.1) is 0 Å². The molecule has 3 nitrogen and oxygen atoms in total. The molecular formula is C14H22N2O. The summed E-state index contributed by atoms with van der Waals surface area (Å²) in [5, 5.41) is 0. The molecule has 1 heterocycles. The fourth-order valence-corrected chi connectivity index (χ4v) is 3.30. The summed E-state index contributed by atoms with van der Waals surface area (Å²) >= 11 is 0. The zero-order valence-electron chi connectivity index (χ0n) is 10.9. The van der Waals surface area contributed by atoms with Crippen LogP contribution in [0, 0.1) is 11.8 Å². The molecule has 0 bridgehead atoms. The van der Waals surface area contributed by atoms with Crippen molar-refractivity contribution in [1.82, 2.24) is 4.98 Å². The number of aromatic nitrogens is 1. The Morgan fingerprint density at radius 3 is 2.59 bits per heavy atom. The van der Waals surface area contributed by atoms with Crippen molar-refractivity contribution in [1.29, 1.82) is 0 Å². The van der Waals surface area contributed by atoms with E-state index in [0.717, 1.165) is 24.3 Å². The van der Waals surface area contributed by atoms with Gasteiger partial charge < -0.3 is 10.5 Å². The van der Waals surface area contributed by atoms with Crippen LogP contribution in [0.25, 0.3) is 0 Å². The second-order valence-corrected chi connectivity index (χ2v) is 5.56. The van der Waals surface area contributed by atoms with E-state index < -0.39 is 0 Å². The van der Waals surface area contributed by atoms with Crippen LogP contribution in [0.2, 0.25) is 0 Å². The lowest BCUT2D eigenvalue weighted by Crippen LogP contribution is -2.44. The summed E-state index contributed by atoms with van der Waals surface area (Å²) in [7, 11) is 1.68. The number of ether oxygens (including phenoxy) is 1. The third kappa shape index (κ3) is 2.44. The number of hydrogen-bond donors (Lipinski definition) is 1. The van der Waals surface area contributed by atoms with Crippen molar-refractivity contribution in [2.45, 2.75) is 38.6 Å². The number of hydrogen-bond acceptors (Lipinski definition) is 3. The molecule has 0 radical (unpaired) electrons. The standard InChI is InChI=1S/C14H22N2O/c1-10-7-11(2)9-14(15,8-10)13-12(17-3)5-4-6-16-13/h4-6,10-11H,7-9,15H2,1-3H3. The Kier molecular flexibility index (Phi) is 3.38. The van der Waals surface area contributed by atoms with E-state index in [4.69, 9.17) is 10.5 Å². The SMILES string of the molecule is COc1cccnc1C1(N)CC(C)CC(C)C1. The van der Waals surface area contributed by atoms with Gasteiger partial charge in [-0.3, -0.25) is 4.98 Å². The minimum Gasteiger partial charge on any atom is -0.495 e. The van der Waals surface area contributed by atoms with Gasteiger partial charge in [0, 0.05) is 6.20 Å². The van der Waals surface area contributed by atoms with Crippen LogP contribution in [0.1, 0.15) is 38.8 Å². The Balaban J connectivity index is 2.36. The fourth-order valence-electron chi connectivity index (χ4n) is 3.30. The van der Waals surface area contributed by atoms with Crippen molar-refractivity contribution in [2.75, 3.05) is 7.11 Å². The molecule has 0 aromatic carbocycles. The fraction of sp³-hybridized carbons (Fsp3) is 0.643. The highest BCUT2D eigenvalue weighted by Crippen LogP contribution is 2.42. The Bertz CT molecular complexity index is 382. The molecule has 1 aromatic rings. The van der Waals surface area contributed by atoms with Crippen LogP contribution in [0.15, 0.2) is 18.3 Å². The van der Waals surface area contributed by atoms with Crippen molar-refractivity contribution in [3.05, 3.63) is 24.0 Å². The van der Waals surface area contributed by atoms with E-state index in [1.807, 2.05) is 12.1 Å². The van der Waals surface area contributed by atoms with Crippen LogP contribution in [0.4, 0.5) is 0 Å². The van der Waals surface area contributed by atoms with Crippen molar-refractivity contribution in [3.8, 4) is 5.75 Å². The predicted molar refractivity (Wildman–Crippen MR) is 68.8 cm³/mol. The Labute approximate surface area is 103 Å². The maximum Gasteiger partial charge on any atom is 0.142 e. The van der Waals surface area contributed by atoms with Gasteiger partial charge in [-0.2, -0.15) is 0 Å². The highest BCUT2D eigenvalue weighted by molar-refractivity contribution is 5.33. The van der Waals surface area contributed by atoms with Crippen molar-refractivity contribution < 1.29 is 4.74 Å². The summed E-state index contributed by atoms with van der Waals surface area (Å²) in [6.07, 6.45) is 5.04. The quantitative estimate of drug-likeness (QED) is 0.856. The van der Waals surface area contributed by atoms with Crippen LogP contribution in [-0.2, 0) is 5.54 Å². The molecule has 1 fully saturated rings. The molecule has 0 amide bonds. The number of rotatable bonds is 2. The maximum atomic E-state index is 6.60. The van der Waals surface area contributed by atoms with Gasteiger partial charge >= 0.3 is 0 Å². The molecule has 2 rings (SSSR count). The van der Waals surface area contributed by atoms with Crippen LogP contribution >= 0.6 is 0 Å². The lowest BCUT2D eigenvalue weighted by molar-refractivity contribution is 0.175. The molecule has 1 aliphatic carbocycles. The van der Waals surface area contributed by atoms with E-state index in [2.05, 4.69) is 18.8 Å². The van der Waals surface area contributed by atoms with E-state index in [1.54, 1.807) is 13.3 Å². The third-order valence-electron chi connectivity index (χ3n) is 3.69. The summed E-state index contributed by atoms with van der Waals surface area (Å²) in [4.78, 5) is 4.46. The topological polar surface area (TPSA) is 48.1 Å². The molecule has 0 spiro atoms. The molecule has 1 saturated carbocycles. The molecule has 3 heteroatoms. The average molecular weight is 234 g/mol. The smallest absolute Gasteiger partial charge is 0.142 e. The number of methoxy groups -OCH3 is 1. The zero-order chi connectivity index (χ0) is 12.5. The minimum atomic E-state index is -0.330. The third-order valence-corrected chi connectivity index (χ3v) is 3.69. The lowest BCUT2D eigenvalue weighted by atomic mass is 9.70. The van der Waals surface area contributed by atoms with E-state index in [0.29, 0.717) is 11.8 Å². The summed E-state index contributed by atoms with van der Waals surface area (Å²) < 4.78 is 5.39. The van der Waals surface area contributed by atoms with Gasteiger partial charge in [0.2, 0.25) is 0 Å². The van der Waals surface area contributed by atoms with Gasteiger partial charge in [0.15, 0.2) is 0 Å². The van der Waals surface area contributed by atoms with Gasteiger partial charge in [-0.25, -0.2) is 0 Å². The van der Waals surface area contributed by atoms with E-state index in [1.165, 1.54) is 6.42 Å². The van der Waals surface area contributed by atoms with Crippen molar-refractivity contribution in [2.24, 2.45) is 17.6 Å². The zero-order valence-corrected chi connectivity index (χ0v) is 10.9. The molecule has 2 atom stereocenters. The molecular weight excluding hydrogens is 212 g/mol. The van der Waals surface area contributed by atoms with E-state index in [-0.39, 0.29) is 5.54 Å². The van der Waals surface area contributed by atoms with Crippen molar-refractivity contribution >= 4 is 0 Å². The molecule has 0 aliphatic heterocycles. The minimum absolute atomic E-state index is 0.330. The second kappa shape index (κ2) is 4.65. The first kappa shape index (κ1) is 12.4. The van der Waals surface area contributed by atoms with Gasteiger partial charge in [-0.05, 0) is 43.2 Å². The average Bonchev–Trinajstić information content (AvgIpc) is 2.27. The monoisotopic (exact) mass is 234 g/mol. The van der Waals surface area contributed by atoms with Gasteiger partial charge in [0.1, 0.15) is 11.4 Å². The first-order valence-electron chi connectivity index (χ1n) is 6.33. The number of pyridine rings is 1. The Hall–Kier alpha value is -1.09. The van der Waals surface area contributed by atoms with Gasteiger partial charge in [0.05, 0.1) is 12.6 Å². The van der Waals surface area contributed by atoms with Gasteiger partial charge in [0.25, 0.3) is 0 Å². The first-order chi connectivity index (χ1) is 8.05. The molecule has 0 saturated heterocycles. The molecule has 1 aliphatic rings.